The predicted molar refractivity (Wildman–Crippen MR) is 86.0 cm³/mol. The lowest BCUT2D eigenvalue weighted by atomic mass is 10.4. The van der Waals surface area contributed by atoms with Crippen LogP contribution in [0, 0.1) is 6.92 Å². The van der Waals surface area contributed by atoms with Crippen LogP contribution >= 0.6 is 24.2 Å². The number of carbonyl (C=O) groups is 2. The van der Waals surface area contributed by atoms with Gasteiger partial charge in [-0.05, 0) is 26.9 Å². The first-order valence-corrected chi connectivity index (χ1v) is 7.49. The minimum absolute atomic E-state index is 0. The third-order valence-electron chi connectivity index (χ3n) is 2.29. The van der Waals surface area contributed by atoms with Crippen molar-refractivity contribution in [2.24, 2.45) is 0 Å². The zero-order valence-electron chi connectivity index (χ0n) is 12.1. The van der Waals surface area contributed by atoms with E-state index in [-0.39, 0.29) is 35.7 Å². The molecule has 21 heavy (non-hydrogen) atoms. The zero-order chi connectivity index (χ0) is 14.8. The topological polar surface area (TPSA) is 96.3 Å². The van der Waals surface area contributed by atoms with Gasteiger partial charge < -0.3 is 20.5 Å². The molecule has 0 atom stereocenters. The van der Waals surface area contributed by atoms with Crippen LogP contribution in [0.5, 0.6) is 0 Å². The van der Waals surface area contributed by atoms with Crippen LogP contribution in [-0.4, -0.2) is 48.6 Å². The molecule has 3 N–H and O–H groups in total. The lowest BCUT2D eigenvalue weighted by Gasteiger charge is -2.04. The molecule has 2 amide bonds. The lowest BCUT2D eigenvalue weighted by Crippen LogP contribution is -2.28. The molecule has 0 aliphatic rings. The molecule has 1 aromatic rings. The van der Waals surface area contributed by atoms with E-state index >= 15 is 0 Å². The first-order valence-electron chi connectivity index (χ1n) is 6.34. The van der Waals surface area contributed by atoms with Crippen molar-refractivity contribution in [2.75, 3.05) is 37.0 Å². The Labute approximate surface area is 134 Å². The van der Waals surface area contributed by atoms with Crippen molar-refractivity contribution in [3.8, 4) is 0 Å². The minimum atomic E-state index is -0.203. The third-order valence-corrected chi connectivity index (χ3v) is 3.22. The summed E-state index contributed by atoms with van der Waals surface area (Å²) in [5.74, 6) is 1.24. The highest BCUT2D eigenvalue weighted by Crippen LogP contribution is 2.08. The first-order chi connectivity index (χ1) is 9.61. The number of aryl methyl sites for hydroxylation is 1. The van der Waals surface area contributed by atoms with Gasteiger partial charge in [-0.3, -0.25) is 9.59 Å². The van der Waals surface area contributed by atoms with Gasteiger partial charge in [-0.15, -0.1) is 24.2 Å². The smallest absolute Gasteiger partial charge is 0.235 e. The van der Waals surface area contributed by atoms with Gasteiger partial charge in [0.25, 0.3) is 0 Å². The van der Waals surface area contributed by atoms with Gasteiger partial charge in [-0.25, -0.2) is 0 Å². The van der Waals surface area contributed by atoms with Crippen molar-refractivity contribution in [2.45, 2.75) is 13.3 Å². The molecule has 9 heteroatoms. The Morgan fingerprint density at radius 1 is 1.29 bits per heavy atom. The number of nitrogens with one attached hydrogen (secondary N) is 3. The van der Waals surface area contributed by atoms with Crippen LogP contribution in [0.25, 0.3) is 0 Å². The molecule has 0 aromatic carbocycles. The minimum Gasteiger partial charge on any atom is -0.360 e. The van der Waals surface area contributed by atoms with Gasteiger partial charge in [0, 0.05) is 12.6 Å². The number of rotatable bonds is 9. The molecule has 0 bridgehead atoms. The van der Waals surface area contributed by atoms with Gasteiger partial charge in [0.15, 0.2) is 5.82 Å². The van der Waals surface area contributed by atoms with E-state index in [0.717, 1.165) is 13.0 Å². The van der Waals surface area contributed by atoms with Crippen molar-refractivity contribution in [1.29, 1.82) is 0 Å². The number of thioether (sulfide) groups is 1. The molecule has 7 nitrogen and oxygen atoms in total. The lowest BCUT2D eigenvalue weighted by molar-refractivity contribution is -0.118. The Hall–Kier alpha value is -1.25. The predicted octanol–water partition coefficient (Wildman–Crippen LogP) is 0.802. The SMILES string of the molecule is CNCCCNC(=O)CSCC(=O)Nc1cc(C)on1.Cl. The summed E-state index contributed by atoms with van der Waals surface area (Å²) in [7, 11) is 1.87. The van der Waals surface area contributed by atoms with Crippen molar-refractivity contribution in [1.82, 2.24) is 15.8 Å². The summed E-state index contributed by atoms with van der Waals surface area (Å²) in [4.78, 5) is 23.0. The highest BCUT2D eigenvalue weighted by molar-refractivity contribution is 8.00. The summed E-state index contributed by atoms with van der Waals surface area (Å²) in [6.45, 7) is 3.26. The van der Waals surface area contributed by atoms with Crippen LogP contribution in [0.2, 0.25) is 0 Å². The van der Waals surface area contributed by atoms with Gasteiger partial charge in [0.1, 0.15) is 5.76 Å². The monoisotopic (exact) mass is 336 g/mol. The van der Waals surface area contributed by atoms with Crippen molar-refractivity contribution < 1.29 is 14.1 Å². The van der Waals surface area contributed by atoms with Gasteiger partial charge in [0.2, 0.25) is 11.8 Å². The average molecular weight is 337 g/mol. The number of carbonyl (C=O) groups excluding carboxylic acids is 2. The molecule has 120 valence electrons. The van der Waals surface area contributed by atoms with E-state index in [9.17, 15) is 9.59 Å². The van der Waals surface area contributed by atoms with E-state index in [4.69, 9.17) is 4.52 Å². The molecule has 0 unspecified atom stereocenters. The van der Waals surface area contributed by atoms with Crippen LogP contribution in [0.15, 0.2) is 10.6 Å². The molecule has 0 saturated heterocycles. The van der Waals surface area contributed by atoms with E-state index in [0.29, 0.717) is 18.1 Å². The normalized spacial score (nSPS) is 9.81. The van der Waals surface area contributed by atoms with E-state index < -0.39 is 0 Å². The molecule has 1 aromatic heterocycles. The Balaban J connectivity index is 0.00000400. The Morgan fingerprint density at radius 3 is 2.62 bits per heavy atom. The summed E-state index contributed by atoms with van der Waals surface area (Å²) in [5.41, 5.74) is 0. The molecule has 1 heterocycles. The van der Waals surface area contributed by atoms with E-state index in [1.807, 2.05) is 7.05 Å². The fraction of sp³-hybridized carbons (Fsp3) is 0.583. The number of nitrogens with zero attached hydrogens (tertiary/aromatic N) is 1. The molecule has 1 rings (SSSR count). The molecular weight excluding hydrogens is 316 g/mol. The van der Waals surface area contributed by atoms with Gasteiger partial charge in [-0.2, -0.15) is 0 Å². The van der Waals surface area contributed by atoms with E-state index in [1.165, 1.54) is 11.8 Å². The summed E-state index contributed by atoms with van der Waals surface area (Å²) >= 11 is 1.26. The van der Waals surface area contributed by atoms with Crippen LogP contribution in [0.1, 0.15) is 12.2 Å². The fourth-order valence-corrected chi connectivity index (χ4v) is 2.03. The first kappa shape index (κ1) is 19.8. The Morgan fingerprint density at radius 2 is 2.00 bits per heavy atom. The summed E-state index contributed by atoms with van der Waals surface area (Å²) < 4.78 is 4.83. The fourth-order valence-electron chi connectivity index (χ4n) is 1.38. The summed E-state index contributed by atoms with van der Waals surface area (Å²) in [6.07, 6.45) is 0.888. The maximum atomic E-state index is 11.5. The molecular formula is C12H21ClN4O3S. The highest BCUT2D eigenvalue weighted by atomic mass is 35.5. The second-order valence-electron chi connectivity index (χ2n) is 4.17. The number of hydrogen-bond donors (Lipinski definition) is 3. The average Bonchev–Trinajstić information content (AvgIpc) is 2.80. The maximum absolute atomic E-state index is 11.5. The van der Waals surface area contributed by atoms with E-state index in [1.54, 1.807) is 13.0 Å². The van der Waals surface area contributed by atoms with Crippen LogP contribution in [0.4, 0.5) is 5.82 Å². The zero-order valence-corrected chi connectivity index (χ0v) is 13.7. The number of hydrogen-bond acceptors (Lipinski definition) is 6. The highest BCUT2D eigenvalue weighted by Gasteiger charge is 2.07. The molecule has 0 radical (unpaired) electrons. The second kappa shape index (κ2) is 11.4. The molecule has 0 aliphatic heterocycles. The molecule has 0 spiro atoms. The van der Waals surface area contributed by atoms with Gasteiger partial charge in [-0.1, -0.05) is 5.16 Å². The largest absolute Gasteiger partial charge is 0.360 e. The van der Waals surface area contributed by atoms with E-state index in [2.05, 4.69) is 21.1 Å². The summed E-state index contributed by atoms with van der Waals surface area (Å²) in [6, 6.07) is 1.64. The second-order valence-corrected chi connectivity index (χ2v) is 5.16. The number of halogens is 1. The standard InChI is InChI=1S/C12H20N4O3S.ClH/c1-9-6-10(16-19-9)15-12(18)8-20-7-11(17)14-5-3-4-13-2;/h6,13H,3-5,7-8H2,1-2H3,(H,14,17)(H,15,16,18);1H. The molecule has 0 aliphatic carbocycles. The van der Waals surface area contributed by atoms with Crippen LogP contribution in [0.3, 0.4) is 0 Å². The van der Waals surface area contributed by atoms with Crippen molar-refractivity contribution >= 4 is 41.8 Å². The molecule has 0 saturated carbocycles. The number of aromatic nitrogens is 1. The maximum Gasteiger partial charge on any atom is 0.235 e. The van der Waals surface area contributed by atoms with Crippen molar-refractivity contribution in [3.05, 3.63) is 11.8 Å². The van der Waals surface area contributed by atoms with Crippen molar-refractivity contribution in [3.63, 3.8) is 0 Å². The van der Waals surface area contributed by atoms with Gasteiger partial charge >= 0.3 is 0 Å². The third kappa shape index (κ3) is 9.33. The van der Waals surface area contributed by atoms with Crippen LogP contribution < -0.4 is 16.0 Å². The number of amides is 2. The van der Waals surface area contributed by atoms with Crippen LogP contribution in [-0.2, 0) is 9.59 Å². The molecule has 0 fully saturated rings. The Bertz CT molecular complexity index is 442. The Kier molecular flexibility index (Phi) is 10.7. The van der Waals surface area contributed by atoms with Gasteiger partial charge in [0.05, 0.1) is 11.5 Å². The summed E-state index contributed by atoms with van der Waals surface area (Å²) in [5, 5.41) is 12.0. The quantitative estimate of drug-likeness (QED) is 0.577. The number of anilines is 1.